The first-order valence-corrected chi connectivity index (χ1v) is 7.89. The second-order valence-electron chi connectivity index (χ2n) is 6.05. The van der Waals surface area contributed by atoms with E-state index in [0.29, 0.717) is 18.2 Å². The van der Waals surface area contributed by atoms with E-state index < -0.39 is 0 Å². The maximum Gasteiger partial charge on any atom is 0.138 e. The molecule has 2 heterocycles. The average Bonchev–Trinajstić information content (AvgIpc) is 2.89. The van der Waals surface area contributed by atoms with Gasteiger partial charge in [-0.2, -0.15) is 0 Å². The van der Waals surface area contributed by atoms with Gasteiger partial charge in [0.1, 0.15) is 11.9 Å². The standard InChI is InChI=1S/C16H22ClNO3/c1-11(18)12-2-3-15(14(17)8-12)21-13-4-6-20-16(9-13)5-7-19-10-16/h2-3,8,11,13H,4-7,9-10,18H2,1H3. The van der Waals surface area contributed by atoms with Gasteiger partial charge in [0.15, 0.2) is 0 Å². The van der Waals surface area contributed by atoms with E-state index in [2.05, 4.69) is 0 Å². The van der Waals surface area contributed by atoms with Crippen molar-refractivity contribution in [3.63, 3.8) is 0 Å². The molecule has 3 rings (SSSR count). The van der Waals surface area contributed by atoms with Gasteiger partial charge in [-0.15, -0.1) is 0 Å². The fourth-order valence-electron chi connectivity index (χ4n) is 3.02. The van der Waals surface area contributed by atoms with E-state index in [4.69, 9.17) is 31.5 Å². The Morgan fingerprint density at radius 2 is 2.29 bits per heavy atom. The summed E-state index contributed by atoms with van der Waals surface area (Å²) in [5.74, 6) is 0.724. The van der Waals surface area contributed by atoms with Crippen LogP contribution in [0.5, 0.6) is 5.75 Å². The van der Waals surface area contributed by atoms with Gasteiger partial charge < -0.3 is 19.9 Å². The Hall–Kier alpha value is -0.810. The maximum absolute atomic E-state index is 6.31. The first-order valence-electron chi connectivity index (χ1n) is 7.51. The van der Waals surface area contributed by atoms with Crippen molar-refractivity contribution in [2.45, 2.75) is 43.9 Å². The summed E-state index contributed by atoms with van der Waals surface area (Å²) in [4.78, 5) is 0. The highest BCUT2D eigenvalue weighted by Gasteiger charge is 2.41. The normalized spacial score (nSPS) is 30.5. The quantitative estimate of drug-likeness (QED) is 0.932. The highest BCUT2D eigenvalue weighted by molar-refractivity contribution is 6.32. The Bertz CT molecular complexity index is 500. The molecule has 1 aromatic carbocycles. The monoisotopic (exact) mass is 311 g/mol. The summed E-state index contributed by atoms with van der Waals surface area (Å²) in [6, 6.07) is 5.74. The molecule has 21 heavy (non-hydrogen) atoms. The Labute approximate surface area is 130 Å². The first-order chi connectivity index (χ1) is 10.1. The van der Waals surface area contributed by atoms with Crippen molar-refractivity contribution in [1.29, 1.82) is 0 Å². The van der Waals surface area contributed by atoms with Gasteiger partial charge in [0.2, 0.25) is 0 Å². The van der Waals surface area contributed by atoms with E-state index in [1.165, 1.54) is 0 Å². The number of nitrogens with two attached hydrogens (primary N) is 1. The minimum Gasteiger partial charge on any atom is -0.489 e. The summed E-state index contributed by atoms with van der Waals surface area (Å²) in [7, 11) is 0. The lowest BCUT2D eigenvalue weighted by atomic mass is 9.91. The van der Waals surface area contributed by atoms with E-state index in [0.717, 1.165) is 37.2 Å². The van der Waals surface area contributed by atoms with Gasteiger partial charge in [-0.25, -0.2) is 0 Å². The Morgan fingerprint density at radius 3 is 2.95 bits per heavy atom. The lowest BCUT2D eigenvalue weighted by Gasteiger charge is -2.37. The smallest absolute Gasteiger partial charge is 0.138 e. The molecule has 4 nitrogen and oxygen atoms in total. The van der Waals surface area contributed by atoms with Crippen molar-refractivity contribution < 1.29 is 14.2 Å². The molecule has 0 amide bonds. The van der Waals surface area contributed by atoms with Crippen LogP contribution < -0.4 is 10.5 Å². The van der Waals surface area contributed by atoms with Crippen molar-refractivity contribution in [2.75, 3.05) is 19.8 Å². The molecule has 0 radical (unpaired) electrons. The molecule has 2 aliphatic rings. The van der Waals surface area contributed by atoms with Crippen molar-refractivity contribution in [2.24, 2.45) is 5.73 Å². The lowest BCUT2D eigenvalue weighted by Crippen LogP contribution is -2.44. The third-order valence-corrected chi connectivity index (χ3v) is 4.59. The van der Waals surface area contributed by atoms with Crippen LogP contribution in [0.4, 0.5) is 0 Å². The second-order valence-corrected chi connectivity index (χ2v) is 6.45. The van der Waals surface area contributed by atoms with Crippen LogP contribution in [-0.4, -0.2) is 31.5 Å². The van der Waals surface area contributed by atoms with Crippen molar-refractivity contribution in [3.05, 3.63) is 28.8 Å². The molecule has 5 heteroatoms. The van der Waals surface area contributed by atoms with E-state index in [9.17, 15) is 0 Å². The SMILES string of the molecule is CC(N)c1ccc(OC2CCOC3(CCOC3)C2)c(Cl)c1. The van der Waals surface area contributed by atoms with Gasteiger partial charge >= 0.3 is 0 Å². The van der Waals surface area contributed by atoms with Crippen LogP contribution >= 0.6 is 11.6 Å². The van der Waals surface area contributed by atoms with Crippen LogP contribution in [-0.2, 0) is 9.47 Å². The third-order valence-electron chi connectivity index (χ3n) is 4.29. The fourth-order valence-corrected chi connectivity index (χ4v) is 3.26. The minimum atomic E-state index is -0.152. The summed E-state index contributed by atoms with van der Waals surface area (Å²) < 4.78 is 17.5. The van der Waals surface area contributed by atoms with E-state index in [-0.39, 0.29) is 17.7 Å². The molecule has 0 aromatic heterocycles. The molecule has 1 aromatic rings. The molecule has 2 saturated heterocycles. The van der Waals surface area contributed by atoms with Crippen molar-refractivity contribution in [3.8, 4) is 5.75 Å². The molecule has 116 valence electrons. The Kier molecular flexibility index (Phi) is 4.41. The van der Waals surface area contributed by atoms with Crippen molar-refractivity contribution in [1.82, 2.24) is 0 Å². The molecule has 2 aliphatic heterocycles. The van der Waals surface area contributed by atoms with Crippen molar-refractivity contribution >= 4 is 11.6 Å². The predicted octanol–water partition coefficient (Wildman–Crippen LogP) is 3.08. The van der Waals surface area contributed by atoms with E-state index in [1.807, 2.05) is 25.1 Å². The number of benzene rings is 1. The molecule has 1 spiro atoms. The summed E-state index contributed by atoms with van der Waals surface area (Å²) in [6.07, 6.45) is 2.81. The number of halogens is 1. The van der Waals surface area contributed by atoms with E-state index in [1.54, 1.807) is 0 Å². The van der Waals surface area contributed by atoms with Crippen LogP contribution in [0.15, 0.2) is 18.2 Å². The maximum atomic E-state index is 6.31. The minimum absolute atomic E-state index is 0.0291. The highest BCUT2D eigenvalue weighted by atomic mass is 35.5. The van der Waals surface area contributed by atoms with Crippen LogP contribution in [0.3, 0.4) is 0 Å². The van der Waals surface area contributed by atoms with Gasteiger partial charge in [-0.05, 0) is 24.6 Å². The van der Waals surface area contributed by atoms with Gasteiger partial charge in [0.05, 0.1) is 23.8 Å². The van der Waals surface area contributed by atoms with Gasteiger partial charge in [0, 0.05) is 31.9 Å². The zero-order valence-electron chi connectivity index (χ0n) is 12.3. The predicted molar refractivity (Wildman–Crippen MR) is 81.8 cm³/mol. The molecule has 0 aliphatic carbocycles. The molecular formula is C16H22ClNO3. The van der Waals surface area contributed by atoms with Gasteiger partial charge in [-0.1, -0.05) is 17.7 Å². The number of rotatable bonds is 3. The largest absolute Gasteiger partial charge is 0.489 e. The zero-order chi connectivity index (χ0) is 14.9. The topological polar surface area (TPSA) is 53.7 Å². The molecule has 3 unspecified atom stereocenters. The number of hydrogen-bond donors (Lipinski definition) is 1. The van der Waals surface area contributed by atoms with Crippen LogP contribution in [0.25, 0.3) is 0 Å². The highest BCUT2D eigenvalue weighted by Crippen LogP contribution is 2.36. The fraction of sp³-hybridized carbons (Fsp3) is 0.625. The molecular weight excluding hydrogens is 290 g/mol. The second kappa shape index (κ2) is 6.13. The summed E-state index contributed by atoms with van der Waals surface area (Å²) in [6.45, 7) is 4.10. The summed E-state index contributed by atoms with van der Waals surface area (Å²) >= 11 is 6.31. The molecule has 2 fully saturated rings. The zero-order valence-corrected chi connectivity index (χ0v) is 13.1. The van der Waals surface area contributed by atoms with Crippen LogP contribution in [0.1, 0.15) is 37.8 Å². The molecule has 0 saturated carbocycles. The number of hydrogen-bond acceptors (Lipinski definition) is 4. The van der Waals surface area contributed by atoms with Gasteiger partial charge in [0.25, 0.3) is 0 Å². The Balaban J connectivity index is 1.68. The van der Waals surface area contributed by atoms with Gasteiger partial charge in [-0.3, -0.25) is 0 Å². The molecule has 2 N–H and O–H groups in total. The third kappa shape index (κ3) is 3.34. The first kappa shape index (κ1) is 15.1. The summed E-state index contributed by atoms with van der Waals surface area (Å²) in [5, 5.41) is 0.619. The summed E-state index contributed by atoms with van der Waals surface area (Å²) in [5.41, 5.74) is 6.73. The Morgan fingerprint density at radius 1 is 1.43 bits per heavy atom. The van der Waals surface area contributed by atoms with E-state index >= 15 is 0 Å². The van der Waals surface area contributed by atoms with Crippen LogP contribution in [0.2, 0.25) is 5.02 Å². The average molecular weight is 312 g/mol. The molecule has 0 bridgehead atoms. The van der Waals surface area contributed by atoms with Crippen LogP contribution in [0, 0.1) is 0 Å². The number of ether oxygens (including phenoxy) is 3. The lowest BCUT2D eigenvalue weighted by molar-refractivity contribution is -0.112. The molecule has 3 atom stereocenters.